The van der Waals surface area contributed by atoms with E-state index in [1.165, 1.54) is 96.3 Å². The van der Waals surface area contributed by atoms with Crippen molar-refractivity contribution in [3.05, 3.63) is 0 Å². The van der Waals surface area contributed by atoms with Crippen molar-refractivity contribution in [1.82, 2.24) is 0 Å². The van der Waals surface area contributed by atoms with Crippen LogP contribution in [0.25, 0.3) is 0 Å². The molecule has 8 saturated carbocycles. The Hall–Kier alpha value is -0.570. The third-order valence-electron chi connectivity index (χ3n) is 17.8. The summed E-state index contributed by atoms with van der Waals surface area (Å²) in [7, 11) is 0. The van der Waals surface area contributed by atoms with Crippen LogP contribution in [-0.2, 0) is 9.53 Å². The molecule has 4 bridgehead atoms. The number of aliphatic hydroxyl groups is 1. The van der Waals surface area contributed by atoms with Gasteiger partial charge in [0.15, 0.2) is 0 Å². The highest BCUT2D eigenvalue weighted by atomic mass is 16.5. The fourth-order valence-electron chi connectivity index (χ4n) is 16.5. The first-order valence-electron chi connectivity index (χ1n) is 19.1. The Bertz CT molecular complexity index is 1160. The van der Waals surface area contributed by atoms with Crippen molar-refractivity contribution in [2.24, 2.45) is 73.9 Å². The molecule has 242 valence electrons. The van der Waals surface area contributed by atoms with Gasteiger partial charge in [-0.3, -0.25) is 4.79 Å². The lowest BCUT2D eigenvalue weighted by atomic mass is 9.41. The van der Waals surface area contributed by atoms with Gasteiger partial charge < -0.3 is 9.84 Å². The molecule has 43 heavy (non-hydrogen) atoms. The van der Waals surface area contributed by atoms with Crippen LogP contribution in [0.2, 0.25) is 0 Å². The number of carbonyl (C=O) groups excluding carboxylic acids is 1. The summed E-state index contributed by atoms with van der Waals surface area (Å²) in [4.78, 5) is 14.0. The molecule has 0 saturated heterocycles. The number of hydrogen-bond donors (Lipinski definition) is 1. The van der Waals surface area contributed by atoms with Crippen LogP contribution in [0.1, 0.15) is 157 Å². The van der Waals surface area contributed by atoms with Crippen molar-refractivity contribution < 1.29 is 14.6 Å². The average Bonchev–Trinajstić information content (AvgIpc) is 3.31. The Morgan fingerprint density at radius 1 is 0.651 bits per heavy atom. The van der Waals surface area contributed by atoms with E-state index < -0.39 is 5.60 Å². The number of hydrogen-bond acceptors (Lipinski definition) is 3. The number of carbonyl (C=O) groups is 1. The Morgan fingerprint density at radius 2 is 1.23 bits per heavy atom. The van der Waals surface area contributed by atoms with Crippen LogP contribution in [0.4, 0.5) is 0 Å². The quantitative estimate of drug-likeness (QED) is 0.332. The topological polar surface area (TPSA) is 46.5 Å². The minimum Gasteiger partial charge on any atom is -0.462 e. The number of ether oxygens (including phenoxy) is 1. The molecule has 3 heteroatoms. The van der Waals surface area contributed by atoms with Gasteiger partial charge in [-0.25, -0.2) is 0 Å². The minimum atomic E-state index is -0.814. The second kappa shape index (κ2) is 9.28. The van der Waals surface area contributed by atoms with Crippen LogP contribution < -0.4 is 0 Å². The average molecular weight is 593 g/mol. The number of esters is 1. The van der Waals surface area contributed by atoms with Crippen molar-refractivity contribution >= 4 is 5.97 Å². The molecule has 8 rings (SSSR count). The predicted molar refractivity (Wildman–Crippen MR) is 172 cm³/mol. The fourth-order valence-corrected chi connectivity index (χ4v) is 16.5. The largest absolute Gasteiger partial charge is 0.462 e. The van der Waals surface area contributed by atoms with Gasteiger partial charge in [0, 0.05) is 0 Å². The SMILES string of the molecule is CC1(C)CCC[C@]2(C)[C@@H]1CC[C@@]13C[C@@H](CC[C@H]12)[C@H](C(=O)OC[C@]1(O)C[C@@]24CC[C@@H]5C(C)(C)CCC[C@@]5(C)[C@@H]2CC[C@@H]1C4)C3. The zero-order valence-corrected chi connectivity index (χ0v) is 28.7. The lowest BCUT2D eigenvalue weighted by Gasteiger charge is -2.64. The summed E-state index contributed by atoms with van der Waals surface area (Å²) in [5.74, 6) is 4.09. The monoisotopic (exact) mass is 592 g/mol. The third kappa shape index (κ3) is 4.03. The molecule has 8 aliphatic carbocycles. The van der Waals surface area contributed by atoms with Crippen LogP contribution in [0, 0.1) is 73.9 Å². The van der Waals surface area contributed by atoms with E-state index in [0.29, 0.717) is 38.9 Å². The molecule has 8 aliphatic rings. The van der Waals surface area contributed by atoms with Crippen LogP contribution in [0.5, 0.6) is 0 Å². The van der Waals surface area contributed by atoms with Gasteiger partial charge in [0.1, 0.15) is 12.2 Å². The van der Waals surface area contributed by atoms with E-state index in [1.54, 1.807) is 0 Å². The maximum atomic E-state index is 14.0. The smallest absolute Gasteiger partial charge is 0.309 e. The summed E-state index contributed by atoms with van der Waals surface area (Å²) in [6.07, 6.45) is 22.8. The highest BCUT2D eigenvalue weighted by Crippen LogP contribution is 2.74. The standard InChI is InChI=1S/C40H64O3/c1-34(2)15-7-17-36(5)29(34)13-19-38-21-26(9-11-31(36)38)28(23-38)33(41)43-25-40(42)24-39-20-14-30-35(3,4)16-8-18-37(30,6)32(39)12-10-27(40)22-39/h26-32,42H,7-25H2,1-6H3/t26-,27-,28-,29-,30-,31+,32+,36-,37-,38+,39+,40-/m1/s1. The van der Waals surface area contributed by atoms with Crippen LogP contribution in [0.3, 0.4) is 0 Å². The molecule has 0 heterocycles. The van der Waals surface area contributed by atoms with E-state index in [-0.39, 0.29) is 23.9 Å². The molecule has 1 N–H and O–H groups in total. The maximum Gasteiger partial charge on any atom is 0.309 e. The van der Waals surface area contributed by atoms with Gasteiger partial charge in [-0.05, 0) is 171 Å². The first-order valence-corrected chi connectivity index (χ1v) is 19.1. The molecule has 8 fully saturated rings. The van der Waals surface area contributed by atoms with E-state index in [1.807, 2.05) is 0 Å². The molecule has 3 nitrogen and oxygen atoms in total. The van der Waals surface area contributed by atoms with Gasteiger partial charge in [-0.1, -0.05) is 54.4 Å². The van der Waals surface area contributed by atoms with Gasteiger partial charge in [0.2, 0.25) is 0 Å². The van der Waals surface area contributed by atoms with Crippen molar-refractivity contribution in [2.45, 2.75) is 163 Å². The first kappa shape index (κ1) is 29.8. The summed E-state index contributed by atoms with van der Waals surface area (Å²) in [5.41, 5.74) is 1.57. The van der Waals surface area contributed by atoms with Crippen molar-refractivity contribution in [3.8, 4) is 0 Å². The lowest BCUT2D eigenvalue weighted by molar-refractivity contribution is -0.161. The third-order valence-corrected chi connectivity index (χ3v) is 17.8. The normalized spacial score (nSPS) is 55.8. The van der Waals surface area contributed by atoms with Gasteiger partial charge in [-0.2, -0.15) is 0 Å². The molecule has 0 radical (unpaired) electrons. The van der Waals surface area contributed by atoms with E-state index in [4.69, 9.17) is 4.74 Å². The van der Waals surface area contributed by atoms with E-state index in [0.717, 1.165) is 42.9 Å². The predicted octanol–water partition coefficient (Wildman–Crippen LogP) is 9.74. The molecule has 0 aromatic carbocycles. The second-order valence-electron chi connectivity index (χ2n) is 20.4. The molecular formula is C40H64O3. The van der Waals surface area contributed by atoms with Crippen molar-refractivity contribution in [2.75, 3.05) is 6.61 Å². The Morgan fingerprint density at radius 3 is 1.88 bits per heavy atom. The highest BCUT2D eigenvalue weighted by molar-refractivity contribution is 5.73. The lowest BCUT2D eigenvalue weighted by Crippen LogP contribution is -2.55. The molecule has 2 spiro atoms. The van der Waals surface area contributed by atoms with E-state index in [9.17, 15) is 9.90 Å². The Balaban J connectivity index is 0.962. The summed E-state index contributed by atoms with van der Waals surface area (Å²) < 4.78 is 6.32. The molecule has 0 unspecified atom stereocenters. The molecule has 0 aromatic rings. The number of rotatable bonds is 3. The van der Waals surface area contributed by atoms with Gasteiger partial charge in [-0.15, -0.1) is 0 Å². The Labute approximate surface area is 263 Å². The van der Waals surface area contributed by atoms with E-state index in [2.05, 4.69) is 41.5 Å². The molecular weight excluding hydrogens is 528 g/mol. The summed E-state index contributed by atoms with van der Waals surface area (Å²) >= 11 is 0. The minimum absolute atomic E-state index is 0.0485. The van der Waals surface area contributed by atoms with E-state index >= 15 is 0 Å². The second-order valence-corrected chi connectivity index (χ2v) is 20.4. The number of fused-ring (bicyclic) bond motifs is 6. The zero-order valence-electron chi connectivity index (χ0n) is 28.7. The molecule has 0 amide bonds. The Kier molecular flexibility index (Phi) is 6.43. The molecule has 12 atom stereocenters. The maximum absolute atomic E-state index is 14.0. The summed E-state index contributed by atoms with van der Waals surface area (Å²) in [6, 6.07) is 0. The van der Waals surface area contributed by atoms with Crippen LogP contribution in [-0.4, -0.2) is 23.3 Å². The summed E-state index contributed by atoms with van der Waals surface area (Å²) in [6.45, 7) is 15.7. The van der Waals surface area contributed by atoms with Crippen molar-refractivity contribution in [1.29, 1.82) is 0 Å². The van der Waals surface area contributed by atoms with Crippen LogP contribution in [0.15, 0.2) is 0 Å². The molecule has 0 aromatic heterocycles. The van der Waals surface area contributed by atoms with Crippen LogP contribution >= 0.6 is 0 Å². The van der Waals surface area contributed by atoms with Crippen molar-refractivity contribution in [3.63, 3.8) is 0 Å². The fraction of sp³-hybridized carbons (Fsp3) is 0.975. The van der Waals surface area contributed by atoms with Gasteiger partial charge >= 0.3 is 5.97 Å². The zero-order chi connectivity index (χ0) is 30.3. The van der Waals surface area contributed by atoms with Gasteiger partial charge in [0.05, 0.1) is 5.92 Å². The summed E-state index contributed by atoms with van der Waals surface area (Å²) in [5, 5.41) is 12.3. The van der Waals surface area contributed by atoms with Gasteiger partial charge in [0.25, 0.3) is 0 Å². The molecule has 0 aliphatic heterocycles. The first-order chi connectivity index (χ1) is 20.2. The highest BCUT2D eigenvalue weighted by Gasteiger charge is 2.68.